The normalized spacial score (nSPS) is 19.9. The van der Waals surface area contributed by atoms with Gasteiger partial charge in [-0.15, -0.1) is 17.0 Å². The van der Waals surface area contributed by atoms with Crippen molar-refractivity contribution in [2.45, 2.75) is 47.6 Å². The lowest BCUT2D eigenvalue weighted by atomic mass is 9.78. The van der Waals surface area contributed by atoms with Crippen molar-refractivity contribution in [3.8, 4) is 0 Å². The summed E-state index contributed by atoms with van der Waals surface area (Å²) in [5.41, 5.74) is 1.22. The summed E-state index contributed by atoms with van der Waals surface area (Å²) in [6, 6.07) is 16.9. The lowest BCUT2D eigenvalue weighted by molar-refractivity contribution is -0.0195. The zero-order valence-electron chi connectivity index (χ0n) is 13.9. The second kappa shape index (κ2) is 7.20. The summed E-state index contributed by atoms with van der Waals surface area (Å²) in [6.45, 7) is 4.39. The van der Waals surface area contributed by atoms with Crippen LogP contribution in [0.5, 0.6) is 0 Å². The van der Waals surface area contributed by atoms with Gasteiger partial charge in [0.1, 0.15) is 5.60 Å². The fourth-order valence-electron chi connectivity index (χ4n) is 4.23. The molecule has 0 aromatic heterocycles. The fourth-order valence-corrected chi connectivity index (χ4v) is 5.43. The first kappa shape index (κ1) is 18.0. The second-order valence-corrected chi connectivity index (χ2v) is 7.61. The van der Waals surface area contributed by atoms with Crippen LogP contribution >= 0.6 is 28.7 Å². The van der Waals surface area contributed by atoms with E-state index in [9.17, 15) is 5.11 Å². The number of aliphatic hydroxyl groups is 1. The van der Waals surface area contributed by atoms with E-state index in [4.69, 9.17) is 0 Å². The van der Waals surface area contributed by atoms with E-state index < -0.39 is 5.60 Å². The van der Waals surface area contributed by atoms with Gasteiger partial charge in [-0.1, -0.05) is 55.1 Å². The number of rotatable bonds is 3. The molecule has 1 unspecified atom stereocenters. The van der Waals surface area contributed by atoms with Crippen LogP contribution < -0.4 is 0 Å². The molecular formula is C20H24BrNOS. The molecule has 2 aromatic carbocycles. The maximum absolute atomic E-state index is 12.0. The van der Waals surface area contributed by atoms with Crippen molar-refractivity contribution in [3.63, 3.8) is 0 Å². The first-order chi connectivity index (χ1) is 11.2. The molecule has 1 N–H and O–H groups in total. The van der Waals surface area contributed by atoms with E-state index in [1.165, 1.54) is 22.6 Å². The van der Waals surface area contributed by atoms with Gasteiger partial charge in [-0.05, 0) is 44.5 Å². The van der Waals surface area contributed by atoms with Gasteiger partial charge in [-0.25, -0.2) is 0 Å². The highest BCUT2D eigenvalue weighted by atomic mass is 79.9. The highest BCUT2D eigenvalue weighted by Gasteiger charge is 2.47. The van der Waals surface area contributed by atoms with Gasteiger partial charge in [-0.2, -0.15) is 0 Å². The van der Waals surface area contributed by atoms with E-state index >= 15 is 0 Å². The van der Waals surface area contributed by atoms with Crippen LogP contribution in [0.4, 0.5) is 0 Å². The Morgan fingerprint density at radius 2 is 1.50 bits per heavy atom. The lowest BCUT2D eigenvalue weighted by Gasteiger charge is -2.45. The molecule has 4 rings (SSSR count). The molecule has 2 heterocycles. The Balaban J connectivity index is 0.00000169. The summed E-state index contributed by atoms with van der Waals surface area (Å²) < 4.78 is 0. The molecular weight excluding hydrogens is 382 g/mol. The first-order valence-electron chi connectivity index (χ1n) is 8.58. The maximum atomic E-state index is 12.0. The molecule has 4 heteroatoms. The molecule has 0 aliphatic carbocycles. The van der Waals surface area contributed by atoms with Gasteiger partial charge in [0.05, 0.1) is 0 Å². The topological polar surface area (TPSA) is 23.5 Å². The van der Waals surface area contributed by atoms with Gasteiger partial charge in [0.25, 0.3) is 0 Å². The second-order valence-electron chi connectivity index (χ2n) is 6.53. The Morgan fingerprint density at radius 1 is 1.00 bits per heavy atom. The van der Waals surface area contributed by atoms with Crippen LogP contribution in [0, 0.1) is 0 Å². The molecule has 2 nitrogen and oxygen atoms in total. The highest BCUT2D eigenvalue weighted by Crippen LogP contribution is 2.51. The molecule has 0 amide bonds. The third-order valence-corrected chi connectivity index (χ3v) is 6.42. The van der Waals surface area contributed by atoms with Crippen molar-refractivity contribution >= 4 is 28.7 Å². The Labute approximate surface area is 159 Å². The Bertz CT molecular complexity index is 669. The van der Waals surface area contributed by atoms with Crippen molar-refractivity contribution in [3.05, 3.63) is 59.7 Å². The number of hydrogen-bond donors (Lipinski definition) is 1. The Morgan fingerprint density at radius 3 is 2.00 bits per heavy atom. The van der Waals surface area contributed by atoms with E-state index in [1.54, 1.807) is 11.8 Å². The van der Waals surface area contributed by atoms with Crippen molar-refractivity contribution in [1.29, 1.82) is 0 Å². The van der Waals surface area contributed by atoms with Crippen LogP contribution in [-0.4, -0.2) is 29.1 Å². The van der Waals surface area contributed by atoms with Crippen molar-refractivity contribution < 1.29 is 5.11 Å². The fraction of sp³-hybridized carbons (Fsp3) is 0.400. The van der Waals surface area contributed by atoms with E-state index in [2.05, 4.69) is 60.4 Å². The van der Waals surface area contributed by atoms with Gasteiger partial charge in [0.2, 0.25) is 0 Å². The zero-order chi connectivity index (χ0) is 15.9. The van der Waals surface area contributed by atoms with Crippen LogP contribution in [-0.2, 0) is 5.60 Å². The Hall–Kier alpha value is -0.810. The summed E-state index contributed by atoms with van der Waals surface area (Å²) in [4.78, 5) is 4.86. The molecule has 1 atom stereocenters. The number of hydrogen-bond acceptors (Lipinski definition) is 3. The van der Waals surface area contributed by atoms with Crippen LogP contribution in [0.25, 0.3) is 0 Å². The van der Waals surface area contributed by atoms with Crippen molar-refractivity contribution in [1.82, 2.24) is 4.90 Å². The SMILES string of the molecule is Br.CCC(N1CCCC1)C1(O)c2ccccc2Sc2ccccc21. The monoisotopic (exact) mass is 405 g/mol. The molecule has 1 saturated heterocycles. The molecule has 0 radical (unpaired) electrons. The minimum atomic E-state index is -0.919. The molecule has 1 fully saturated rings. The lowest BCUT2D eigenvalue weighted by Crippen LogP contribution is -2.51. The van der Waals surface area contributed by atoms with Crippen LogP contribution in [0.1, 0.15) is 37.3 Å². The number of halogens is 1. The summed E-state index contributed by atoms with van der Waals surface area (Å²) in [5.74, 6) is 0. The zero-order valence-corrected chi connectivity index (χ0v) is 16.5. The number of nitrogens with zero attached hydrogens (tertiary/aromatic N) is 1. The maximum Gasteiger partial charge on any atom is 0.132 e. The summed E-state index contributed by atoms with van der Waals surface area (Å²) in [6.07, 6.45) is 3.43. The van der Waals surface area contributed by atoms with Gasteiger partial charge >= 0.3 is 0 Å². The van der Waals surface area contributed by atoms with Crippen molar-refractivity contribution in [2.24, 2.45) is 0 Å². The smallest absolute Gasteiger partial charge is 0.132 e. The van der Waals surface area contributed by atoms with Gasteiger partial charge in [-0.3, -0.25) is 4.90 Å². The number of benzene rings is 2. The molecule has 0 bridgehead atoms. The third-order valence-electron chi connectivity index (χ3n) is 5.27. The molecule has 2 aliphatic rings. The van der Waals surface area contributed by atoms with Crippen molar-refractivity contribution in [2.75, 3.05) is 13.1 Å². The average Bonchev–Trinajstić information content (AvgIpc) is 3.10. The van der Waals surface area contributed by atoms with Gasteiger partial charge in [0, 0.05) is 27.0 Å². The largest absolute Gasteiger partial charge is 0.379 e. The molecule has 24 heavy (non-hydrogen) atoms. The summed E-state index contributed by atoms with van der Waals surface area (Å²) in [5, 5.41) is 12.0. The standard InChI is InChI=1S/C20H23NOS.BrH/c1-2-19(21-13-7-8-14-21)20(22)15-9-3-5-11-17(15)23-18-12-6-4-10-16(18)20;/h3-6,9-12,19,22H,2,7-8,13-14H2,1H3;1H. The molecule has 0 saturated carbocycles. The van der Waals surface area contributed by atoms with E-state index in [1.807, 2.05) is 0 Å². The van der Waals surface area contributed by atoms with E-state index in [0.29, 0.717) is 0 Å². The minimum absolute atomic E-state index is 0. The van der Waals surface area contributed by atoms with Gasteiger partial charge in [0.15, 0.2) is 0 Å². The predicted molar refractivity (Wildman–Crippen MR) is 105 cm³/mol. The third kappa shape index (κ3) is 2.74. The van der Waals surface area contributed by atoms with E-state index in [-0.39, 0.29) is 23.0 Å². The molecule has 2 aromatic rings. The summed E-state index contributed by atoms with van der Waals surface area (Å²) >= 11 is 1.78. The molecule has 0 spiro atoms. The van der Waals surface area contributed by atoms with Crippen LogP contribution in [0.3, 0.4) is 0 Å². The minimum Gasteiger partial charge on any atom is -0.379 e. The molecule has 2 aliphatic heterocycles. The highest BCUT2D eigenvalue weighted by molar-refractivity contribution is 8.93. The van der Waals surface area contributed by atoms with Crippen LogP contribution in [0.2, 0.25) is 0 Å². The quantitative estimate of drug-likeness (QED) is 0.789. The van der Waals surface area contributed by atoms with Crippen LogP contribution in [0.15, 0.2) is 58.3 Å². The molecule has 128 valence electrons. The summed E-state index contributed by atoms with van der Waals surface area (Å²) in [7, 11) is 0. The van der Waals surface area contributed by atoms with E-state index in [0.717, 1.165) is 30.6 Å². The Kier molecular flexibility index (Phi) is 5.40. The first-order valence-corrected chi connectivity index (χ1v) is 9.40. The van der Waals surface area contributed by atoms with Gasteiger partial charge < -0.3 is 5.11 Å². The number of fused-ring (bicyclic) bond motifs is 2. The predicted octanol–water partition coefficient (Wildman–Crippen LogP) is 4.84. The average molecular weight is 406 g/mol. The number of likely N-dealkylation sites (tertiary alicyclic amines) is 1.